The SMILES string of the molecule is O=C(O)N1CCN2C(=O)N(OC(=O)N3CCCCC3)C(=O)C2C1. The van der Waals surface area contributed by atoms with Crippen molar-refractivity contribution in [2.75, 3.05) is 32.7 Å². The van der Waals surface area contributed by atoms with Gasteiger partial charge in [0.2, 0.25) is 0 Å². The number of fused-ring (bicyclic) bond motifs is 1. The summed E-state index contributed by atoms with van der Waals surface area (Å²) in [5, 5.41) is 9.46. The molecule has 3 rings (SSSR count). The number of hydrogen-bond acceptors (Lipinski definition) is 5. The van der Waals surface area contributed by atoms with Crippen LogP contribution in [-0.4, -0.2) is 87.8 Å². The number of carbonyl (C=O) groups excluding carboxylic acids is 3. The Hall–Kier alpha value is -2.52. The van der Waals surface area contributed by atoms with Gasteiger partial charge in [0.25, 0.3) is 5.91 Å². The van der Waals surface area contributed by atoms with Gasteiger partial charge in [0, 0.05) is 26.2 Å². The summed E-state index contributed by atoms with van der Waals surface area (Å²) in [7, 11) is 0. The molecule has 3 fully saturated rings. The van der Waals surface area contributed by atoms with E-state index in [0.717, 1.165) is 24.2 Å². The molecule has 1 N–H and O–H groups in total. The Balaban J connectivity index is 1.67. The molecule has 3 heterocycles. The summed E-state index contributed by atoms with van der Waals surface area (Å²) in [6, 6.07) is -1.64. The van der Waals surface area contributed by atoms with Gasteiger partial charge in [0.05, 0.1) is 6.54 Å². The molecule has 0 aromatic rings. The predicted molar refractivity (Wildman–Crippen MR) is 74.2 cm³/mol. The van der Waals surface area contributed by atoms with Crippen molar-refractivity contribution >= 4 is 24.1 Å². The van der Waals surface area contributed by atoms with Gasteiger partial charge in [-0.15, -0.1) is 0 Å². The number of imide groups is 1. The number of hydrogen-bond donors (Lipinski definition) is 1. The van der Waals surface area contributed by atoms with Crippen LogP contribution in [-0.2, 0) is 9.63 Å². The van der Waals surface area contributed by atoms with E-state index in [1.807, 2.05) is 0 Å². The number of rotatable bonds is 1. The molecule has 1 unspecified atom stereocenters. The highest BCUT2D eigenvalue weighted by atomic mass is 16.7. The zero-order valence-electron chi connectivity index (χ0n) is 12.5. The summed E-state index contributed by atoms with van der Waals surface area (Å²) in [5.74, 6) is -0.702. The molecule has 126 valence electrons. The zero-order valence-corrected chi connectivity index (χ0v) is 12.5. The van der Waals surface area contributed by atoms with Crippen molar-refractivity contribution < 1.29 is 29.1 Å². The fraction of sp³-hybridized carbons (Fsp3) is 0.692. The Morgan fingerprint density at radius 2 is 1.70 bits per heavy atom. The van der Waals surface area contributed by atoms with E-state index in [1.165, 1.54) is 9.80 Å². The Kier molecular flexibility index (Phi) is 3.97. The van der Waals surface area contributed by atoms with Gasteiger partial charge in [0.15, 0.2) is 0 Å². The van der Waals surface area contributed by atoms with Gasteiger partial charge in [-0.3, -0.25) is 4.79 Å². The lowest BCUT2D eigenvalue weighted by Gasteiger charge is -2.33. The van der Waals surface area contributed by atoms with Gasteiger partial charge in [-0.2, -0.15) is 0 Å². The minimum absolute atomic E-state index is 0.0965. The van der Waals surface area contributed by atoms with E-state index in [0.29, 0.717) is 18.2 Å². The van der Waals surface area contributed by atoms with Crippen molar-refractivity contribution in [1.82, 2.24) is 19.8 Å². The standard InChI is InChI=1S/C13H18N4O6/c18-10-9-8-15(12(20)21)6-7-16(9)11(19)17(10)23-13(22)14-4-2-1-3-5-14/h9H,1-8H2,(H,20,21). The molecule has 0 spiro atoms. The van der Waals surface area contributed by atoms with Gasteiger partial charge in [-0.25, -0.2) is 14.4 Å². The Bertz CT molecular complexity index is 547. The molecule has 3 saturated heterocycles. The number of carboxylic acid groups (broad SMARTS) is 1. The Labute approximate surface area is 132 Å². The molecular weight excluding hydrogens is 308 g/mol. The van der Waals surface area contributed by atoms with E-state index in [4.69, 9.17) is 9.94 Å². The summed E-state index contributed by atoms with van der Waals surface area (Å²) >= 11 is 0. The largest absolute Gasteiger partial charge is 0.465 e. The summed E-state index contributed by atoms with van der Waals surface area (Å²) < 4.78 is 0. The maximum absolute atomic E-state index is 12.3. The smallest absolute Gasteiger partial charge is 0.434 e. The van der Waals surface area contributed by atoms with E-state index >= 15 is 0 Å². The Morgan fingerprint density at radius 3 is 2.35 bits per heavy atom. The van der Waals surface area contributed by atoms with Crippen LogP contribution in [0.5, 0.6) is 0 Å². The quantitative estimate of drug-likeness (QED) is 0.687. The third-order valence-electron chi connectivity index (χ3n) is 4.34. The molecule has 3 aliphatic heterocycles. The lowest BCUT2D eigenvalue weighted by molar-refractivity contribution is -0.152. The normalized spacial score (nSPS) is 24.8. The fourth-order valence-corrected chi connectivity index (χ4v) is 3.04. The first-order valence-electron chi connectivity index (χ1n) is 7.58. The monoisotopic (exact) mass is 326 g/mol. The molecular formula is C13H18N4O6. The number of amides is 5. The van der Waals surface area contributed by atoms with E-state index in [-0.39, 0.29) is 19.6 Å². The van der Waals surface area contributed by atoms with Crippen LogP contribution in [0.4, 0.5) is 14.4 Å². The van der Waals surface area contributed by atoms with Crippen LogP contribution >= 0.6 is 0 Å². The second-order valence-corrected chi connectivity index (χ2v) is 5.76. The van der Waals surface area contributed by atoms with Gasteiger partial charge in [0.1, 0.15) is 6.04 Å². The fourth-order valence-electron chi connectivity index (χ4n) is 3.04. The molecule has 10 heteroatoms. The lowest BCUT2D eigenvalue weighted by Crippen LogP contribution is -2.54. The van der Waals surface area contributed by atoms with Crippen LogP contribution in [0.2, 0.25) is 0 Å². The average Bonchev–Trinajstić information content (AvgIpc) is 2.80. The van der Waals surface area contributed by atoms with Gasteiger partial charge in [-0.05, 0) is 19.3 Å². The first-order valence-corrected chi connectivity index (χ1v) is 7.58. The maximum Gasteiger partial charge on any atom is 0.434 e. The van der Waals surface area contributed by atoms with E-state index < -0.39 is 30.2 Å². The van der Waals surface area contributed by atoms with Gasteiger partial charge < -0.3 is 24.6 Å². The molecule has 23 heavy (non-hydrogen) atoms. The number of urea groups is 1. The molecule has 0 bridgehead atoms. The van der Waals surface area contributed by atoms with E-state index in [2.05, 4.69) is 0 Å². The van der Waals surface area contributed by atoms with Crippen molar-refractivity contribution in [2.24, 2.45) is 0 Å². The van der Waals surface area contributed by atoms with Crippen LogP contribution in [0.15, 0.2) is 0 Å². The molecule has 0 aromatic heterocycles. The van der Waals surface area contributed by atoms with Crippen molar-refractivity contribution in [1.29, 1.82) is 0 Å². The molecule has 5 amide bonds. The van der Waals surface area contributed by atoms with Crippen molar-refractivity contribution in [3.63, 3.8) is 0 Å². The number of piperazine rings is 1. The predicted octanol–water partition coefficient (Wildman–Crippen LogP) is 0.150. The highest BCUT2D eigenvalue weighted by Crippen LogP contribution is 2.23. The summed E-state index contributed by atoms with van der Waals surface area (Å²) in [6.07, 6.45) is 0.889. The van der Waals surface area contributed by atoms with E-state index in [1.54, 1.807) is 0 Å². The zero-order chi connectivity index (χ0) is 16.6. The highest BCUT2D eigenvalue weighted by molar-refractivity contribution is 6.04. The number of carbonyl (C=O) groups is 4. The summed E-state index contributed by atoms with van der Waals surface area (Å²) in [4.78, 5) is 56.3. The maximum atomic E-state index is 12.3. The van der Waals surface area contributed by atoms with Crippen LogP contribution in [0.1, 0.15) is 19.3 Å². The number of piperidine rings is 1. The van der Waals surface area contributed by atoms with Crippen molar-refractivity contribution in [3.8, 4) is 0 Å². The molecule has 0 saturated carbocycles. The minimum Gasteiger partial charge on any atom is -0.465 e. The highest BCUT2D eigenvalue weighted by Gasteiger charge is 2.51. The lowest BCUT2D eigenvalue weighted by atomic mass is 10.1. The molecule has 1 atom stereocenters. The molecule has 10 nitrogen and oxygen atoms in total. The third-order valence-corrected chi connectivity index (χ3v) is 4.34. The summed E-state index contributed by atoms with van der Waals surface area (Å²) in [6.45, 7) is 1.18. The van der Waals surface area contributed by atoms with Crippen LogP contribution in [0.3, 0.4) is 0 Å². The Morgan fingerprint density at radius 1 is 1.00 bits per heavy atom. The molecule has 3 aliphatic rings. The van der Waals surface area contributed by atoms with Gasteiger partial charge in [-0.1, -0.05) is 5.06 Å². The molecule has 0 radical (unpaired) electrons. The first-order chi connectivity index (χ1) is 11.0. The number of likely N-dealkylation sites (tertiary alicyclic amines) is 1. The first kappa shape index (κ1) is 15.4. The van der Waals surface area contributed by atoms with Crippen LogP contribution < -0.4 is 0 Å². The molecule has 0 aromatic carbocycles. The third kappa shape index (κ3) is 2.76. The van der Waals surface area contributed by atoms with Crippen molar-refractivity contribution in [3.05, 3.63) is 0 Å². The topological polar surface area (TPSA) is 111 Å². The number of nitrogens with zero attached hydrogens (tertiary/aromatic N) is 4. The van der Waals surface area contributed by atoms with Crippen molar-refractivity contribution in [2.45, 2.75) is 25.3 Å². The molecule has 0 aliphatic carbocycles. The minimum atomic E-state index is -1.14. The average molecular weight is 326 g/mol. The van der Waals surface area contributed by atoms with Crippen LogP contribution in [0.25, 0.3) is 0 Å². The van der Waals surface area contributed by atoms with Crippen LogP contribution in [0, 0.1) is 0 Å². The second kappa shape index (κ2) is 5.94. The number of hydroxylamine groups is 2. The second-order valence-electron chi connectivity index (χ2n) is 5.76. The van der Waals surface area contributed by atoms with E-state index in [9.17, 15) is 19.2 Å². The van der Waals surface area contributed by atoms with Gasteiger partial charge >= 0.3 is 18.2 Å². The summed E-state index contributed by atoms with van der Waals surface area (Å²) in [5.41, 5.74) is 0.